The van der Waals surface area contributed by atoms with Crippen molar-refractivity contribution in [1.29, 1.82) is 0 Å². The van der Waals surface area contributed by atoms with Crippen LogP contribution in [0.3, 0.4) is 0 Å². The molecule has 1 aromatic carbocycles. The molecule has 1 aliphatic heterocycles. The maximum atomic E-state index is 14.4. The number of benzene rings is 1. The number of nitrogens with zero attached hydrogens (tertiary/aromatic N) is 3. The Balaban J connectivity index is 1.78. The third-order valence-electron chi connectivity index (χ3n) is 5.61. The Morgan fingerprint density at radius 1 is 1.31 bits per heavy atom. The third kappa shape index (κ3) is 2.94. The molecule has 1 amide bonds. The average molecular weight is 432 g/mol. The summed E-state index contributed by atoms with van der Waals surface area (Å²) in [5, 5.41) is 3.72. The number of rotatable bonds is 3. The van der Waals surface area contributed by atoms with Gasteiger partial charge in [-0.3, -0.25) is 4.79 Å². The summed E-state index contributed by atoms with van der Waals surface area (Å²) < 4.78 is 69.2. The molecule has 0 spiro atoms. The molecule has 0 saturated heterocycles. The highest BCUT2D eigenvalue weighted by molar-refractivity contribution is 6.34. The smallest absolute Gasteiger partial charge is 0.283 e. The minimum Gasteiger partial charge on any atom is -0.330 e. The second kappa shape index (κ2) is 6.55. The van der Waals surface area contributed by atoms with Crippen LogP contribution in [0.15, 0.2) is 23.2 Å². The molecule has 0 bridgehead atoms. The van der Waals surface area contributed by atoms with Crippen LogP contribution in [0.1, 0.15) is 41.4 Å². The quantitative estimate of drug-likeness (QED) is 0.663. The first kappa shape index (κ1) is 19.9. The van der Waals surface area contributed by atoms with Crippen LogP contribution in [-0.4, -0.2) is 33.2 Å². The molecule has 2 unspecified atom stereocenters. The molecule has 1 saturated carbocycles. The molecule has 2 heterocycles. The van der Waals surface area contributed by atoms with E-state index in [1.54, 1.807) is 6.92 Å². The number of fused-ring (bicyclic) bond motifs is 1. The van der Waals surface area contributed by atoms with Gasteiger partial charge in [0.2, 0.25) is 5.95 Å². The van der Waals surface area contributed by atoms with Gasteiger partial charge in [-0.1, -0.05) is 18.5 Å². The molecule has 1 aliphatic carbocycles. The lowest BCUT2D eigenvalue weighted by Gasteiger charge is -2.32. The zero-order valence-corrected chi connectivity index (χ0v) is 16.1. The van der Waals surface area contributed by atoms with Crippen LogP contribution in [-0.2, 0) is 7.05 Å². The summed E-state index contributed by atoms with van der Waals surface area (Å²) in [7, 11) is 1.12. The van der Waals surface area contributed by atoms with Crippen LogP contribution in [0.5, 0.6) is 0 Å². The molecule has 1 fully saturated rings. The van der Waals surface area contributed by atoms with Crippen LogP contribution in [0, 0.1) is 23.0 Å². The monoisotopic (exact) mass is 431 g/mol. The molecule has 1 aromatic heterocycles. The lowest BCUT2D eigenvalue weighted by Crippen LogP contribution is -2.41. The maximum Gasteiger partial charge on any atom is 0.283 e. The maximum absolute atomic E-state index is 14.4. The fourth-order valence-corrected chi connectivity index (χ4v) is 4.26. The molecular formula is C19H15ClF5N3O. The second-order valence-corrected chi connectivity index (χ2v) is 7.84. The Kier molecular flexibility index (Phi) is 4.49. The van der Waals surface area contributed by atoms with E-state index in [1.165, 1.54) is 11.0 Å². The van der Waals surface area contributed by atoms with Gasteiger partial charge in [0.25, 0.3) is 12.3 Å². The number of aromatic nitrogens is 2. The predicted octanol–water partition coefficient (Wildman–Crippen LogP) is 4.66. The Labute approximate surface area is 167 Å². The number of amides is 1. The summed E-state index contributed by atoms with van der Waals surface area (Å²) >= 11 is 6.47. The summed E-state index contributed by atoms with van der Waals surface area (Å²) in [6.45, 7) is 1.52. The van der Waals surface area contributed by atoms with Crippen molar-refractivity contribution >= 4 is 23.1 Å². The fraction of sp³-hybridized carbons (Fsp3) is 0.368. The summed E-state index contributed by atoms with van der Waals surface area (Å²) in [6.07, 6.45) is -2.73. The number of aryl methyl sites for hydroxylation is 1. The van der Waals surface area contributed by atoms with Crippen molar-refractivity contribution in [3.8, 4) is 0 Å². The predicted molar refractivity (Wildman–Crippen MR) is 94.8 cm³/mol. The second-order valence-electron chi connectivity index (χ2n) is 7.46. The van der Waals surface area contributed by atoms with E-state index in [9.17, 15) is 26.7 Å². The standard InChI is InChI=1S/C19H15ClF5N3O/c1-19-6-12(19)28(18(29)13-14(16(23)24)26-27(2)17(13)25)7-10(15(19)20)9-4-3-8(21)5-11(9)22/h3-5,12,16H,6-7H2,1-2H3. The summed E-state index contributed by atoms with van der Waals surface area (Å²) in [4.78, 5) is 14.2. The normalized spacial score (nSPS) is 23.6. The van der Waals surface area contributed by atoms with Crippen LogP contribution < -0.4 is 0 Å². The van der Waals surface area contributed by atoms with Gasteiger partial charge in [0.1, 0.15) is 22.9 Å². The first-order valence-corrected chi connectivity index (χ1v) is 9.10. The molecule has 0 radical (unpaired) electrons. The largest absolute Gasteiger partial charge is 0.330 e. The van der Waals surface area contributed by atoms with E-state index in [4.69, 9.17) is 11.6 Å². The number of carbonyl (C=O) groups is 1. The van der Waals surface area contributed by atoms with Crippen molar-refractivity contribution in [2.75, 3.05) is 6.54 Å². The molecular weight excluding hydrogens is 417 g/mol. The zero-order valence-electron chi connectivity index (χ0n) is 15.3. The van der Waals surface area contributed by atoms with Crippen molar-refractivity contribution < 1.29 is 26.7 Å². The van der Waals surface area contributed by atoms with Gasteiger partial charge in [-0.05, 0) is 24.1 Å². The zero-order chi connectivity index (χ0) is 21.2. The number of hydrogen-bond donors (Lipinski definition) is 0. The summed E-state index contributed by atoms with van der Waals surface area (Å²) in [5.41, 5.74) is -2.24. The molecule has 0 N–H and O–H groups in total. The van der Waals surface area contributed by atoms with E-state index < -0.39 is 52.6 Å². The van der Waals surface area contributed by atoms with Gasteiger partial charge in [0, 0.05) is 41.7 Å². The number of halogens is 6. The molecule has 2 aliphatic rings. The van der Waals surface area contributed by atoms with E-state index >= 15 is 0 Å². The molecule has 10 heteroatoms. The van der Waals surface area contributed by atoms with Gasteiger partial charge in [-0.2, -0.15) is 9.49 Å². The fourth-order valence-electron chi connectivity index (χ4n) is 3.90. The van der Waals surface area contributed by atoms with E-state index in [0.717, 1.165) is 13.1 Å². The Hall–Kier alpha value is -2.42. The Bertz CT molecular complexity index is 1070. The highest BCUT2D eigenvalue weighted by atomic mass is 35.5. The number of alkyl halides is 2. The molecule has 2 atom stereocenters. The van der Waals surface area contributed by atoms with Gasteiger partial charge < -0.3 is 4.90 Å². The van der Waals surface area contributed by atoms with Gasteiger partial charge in [0.15, 0.2) is 0 Å². The molecule has 4 rings (SSSR count). The summed E-state index contributed by atoms with van der Waals surface area (Å²) in [6, 6.07) is 2.50. The van der Waals surface area contributed by atoms with Crippen LogP contribution in [0.25, 0.3) is 5.57 Å². The van der Waals surface area contributed by atoms with E-state index in [2.05, 4.69) is 5.10 Å². The van der Waals surface area contributed by atoms with Crippen molar-refractivity contribution in [2.24, 2.45) is 12.5 Å². The van der Waals surface area contributed by atoms with Crippen molar-refractivity contribution in [2.45, 2.75) is 25.8 Å². The van der Waals surface area contributed by atoms with Crippen molar-refractivity contribution in [1.82, 2.24) is 14.7 Å². The van der Waals surface area contributed by atoms with Crippen LogP contribution >= 0.6 is 11.6 Å². The Morgan fingerprint density at radius 3 is 2.62 bits per heavy atom. The lowest BCUT2D eigenvalue weighted by atomic mass is 9.93. The first-order valence-electron chi connectivity index (χ1n) is 8.72. The lowest BCUT2D eigenvalue weighted by molar-refractivity contribution is 0.0726. The molecule has 154 valence electrons. The van der Waals surface area contributed by atoms with E-state index in [-0.39, 0.29) is 17.7 Å². The van der Waals surface area contributed by atoms with Gasteiger partial charge >= 0.3 is 0 Å². The minimum absolute atomic E-state index is 0.00140. The van der Waals surface area contributed by atoms with Gasteiger partial charge in [0.05, 0.1) is 0 Å². The van der Waals surface area contributed by atoms with Crippen LogP contribution in [0.2, 0.25) is 0 Å². The SMILES string of the molecule is Cn1nc(C(F)F)c(C(=O)N2CC(c3ccc(F)cc3F)=C(Cl)C3(C)CC23)c1F. The third-order valence-corrected chi connectivity index (χ3v) is 6.27. The first-order chi connectivity index (χ1) is 13.6. The number of hydrogen-bond acceptors (Lipinski definition) is 2. The highest BCUT2D eigenvalue weighted by Gasteiger charge is 2.60. The van der Waals surface area contributed by atoms with E-state index in [1.807, 2.05) is 0 Å². The van der Waals surface area contributed by atoms with Gasteiger partial charge in [-0.25, -0.2) is 22.2 Å². The molecule has 2 aromatic rings. The topological polar surface area (TPSA) is 38.1 Å². The van der Waals surface area contributed by atoms with E-state index in [0.29, 0.717) is 22.2 Å². The minimum atomic E-state index is -3.15. The average Bonchev–Trinajstić information content (AvgIpc) is 3.26. The number of carbonyl (C=O) groups excluding carboxylic acids is 1. The summed E-state index contributed by atoms with van der Waals surface area (Å²) in [5.74, 6) is -3.79. The molecule has 4 nitrogen and oxygen atoms in total. The van der Waals surface area contributed by atoms with Crippen LogP contribution in [0.4, 0.5) is 22.0 Å². The highest BCUT2D eigenvalue weighted by Crippen LogP contribution is 2.61. The Morgan fingerprint density at radius 2 is 2.00 bits per heavy atom. The molecule has 29 heavy (non-hydrogen) atoms. The van der Waals surface area contributed by atoms with Crippen molar-refractivity contribution in [3.05, 3.63) is 57.6 Å². The van der Waals surface area contributed by atoms with Crippen molar-refractivity contribution in [3.63, 3.8) is 0 Å². The van der Waals surface area contributed by atoms with Gasteiger partial charge in [-0.15, -0.1) is 0 Å².